The highest BCUT2D eigenvalue weighted by Gasteiger charge is 2.20. The van der Waals surface area contributed by atoms with E-state index in [2.05, 4.69) is 32.6 Å². The molecule has 1 unspecified atom stereocenters. The van der Waals surface area contributed by atoms with Crippen LogP contribution in [0.15, 0.2) is 0 Å². The molecule has 0 fully saturated rings. The van der Waals surface area contributed by atoms with Crippen molar-refractivity contribution in [2.75, 3.05) is 40.3 Å². The lowest BCUT2D eigenvalue weighted by atomic mass is 9.93. The van der Waals surface area contributed by atoms with Crippen LogP contribution < -0.4 is 5.73 Å². The van der Waals surface area contributed by atoms with Gasteiger partial charge in [0.1, 0.15) is 0 Å². The molecule has 0 aromatic heterocycles. The predicted octanol–water partition coefficient (Wildman–Crippen LogP) is 2.04. The highest BCUT2D eigenvalue weighted by Crippen LogP contribution is 2.16. The van der Waals surface area contributed by atoms with Gasteiger partial charge in [-0.1, -0.05) is 27.7 Å². The van der Waals surface area contributed by atoms with E-state index in [0.29, 0.717) is 30.7 Å². The first-order valence-electron chi connectivity index (χ1n) is 7.88. The van der Waals surface area contributed by atoms with E-state index in [-0.39, 0.29) is 5.91 Å². The second-order valence-corrected chi connectivity index (χ2v) is 6.97. The topological polar surface area (TPSA) is 49.6 Å². The van der Waals surface area contributed by atoms with Gasteiger partial charge in [-0.15, -0.1) is 0 Å². The molecule has 0 spiro atoms. The van der Waals surface area contributed by atoms with Crippen molar-refractivity contribution in [1.82, 2.24) is 9.80 Å². The van der Waals surface area contributed by atoms with Crippen LogP contribution in [0.3, 0.4) is 0 Å². The Bertz CT molecular complexity index is 264. The summed E-state index contributed by atoms with van der Waals surface area (Å²) in [5, 5.41) is 0. The Morgan fingerprint density at radius 1 is 1.05 bits per heavy atom. The van der Waals surface area contributed by atoms with Gasteiger partial charge in [0.2, 0.25) is 5.91 Å². The van der Waals surface area contributed by atoms with Crippen molar-refractivity contribution in [3.05, 3.63) is 0 Å². The summed E-state index contributed by atoms with van der Waals surface area (Å²) in [6, 6.07) is 0. The van der Waals surface area contributed by atoms with Crippen LogP contribution in [0.1, 0.15) is 40.5 Å². The zero-order chi connectivity index (χ0) is 15.7. The summed E-state index contributed by atoms with van der Waals surface area (Å²) < 4.78 is 0. The van der Waals surface area contributed by atoms with Crippen LogP contribution >= 0.6 is 0 Å². The molecule has 0 bridgehead atoms. The smallest absolute Gasteiger partial charge is 0.222 e. The van der Waals surface area contributed by atoms with Gasteiger partial charge in [0.05, 0.1) is 0 Å². The van der Waals surface area contributed by atoms with Crippen LogP contribution in [0, 0.1) is 17.8 Å². The highest BCUT2D eigenvalue weighted by atomic mass is 16.2. The fraction of sp³-hybridized carbons (Fsp3) is 0.938. The average Bonchev–Trinajstić information content (AvgIpc) is 2.32. The molecule has 0 rings (SSSR count). The van der Waals surface area contributed by atoms with Crippen molar-refractivity contribution in [3.8, 4) is 0 Å². The number of carbonyl (C=O) groups is 1. The summed E-state index contributed by atoms with van der Waals surface area (Å²) in [6.45, 7) is 11.8. The number of rotatable bonds is 10. The van der Waals surface area contributed by atoms with Crippen molar-refractivity contribution >= 4 is 5.91 Å². The van der Waals surface area contributed by atoms with Crippen LogP contribution in [-0.4, -0.2) is 56.0 Å². The molecule has 0 aliphatic rings. The van der Waals surface area contributed by atoms with Gasteiger partial charge in [0, 0.05) is 26.1 Å². The van der Waals surface area contributed by atoms with Gasteiger partial charge in [-0.3, -0.25) is 4.79 Å². The molecule has 1 amide bonds. The SMILES string of the molecule is CC(C)CC(CN)CC(=O)N(CCN(C)C)CC(C)C. The first-order valence-corrected chi connectivity index (χ1v) is 7.88. The quantitative estimate of drug-likeness (QED) is 0.668. The van der Waals surface area contributed by atoms with E-state index in [9.17, 15) is 4.79 Å². The van der Waals surface area contributed by atoms with E-state index in [1.54, 1.807) is 0 Å². The van der Waals surface area contributed by atoms with E-state index in [4.69, 9.17) is 5.73 Å². The van der Waals surface area contributed by atoms with Gasteiger partial charge in [0.15, 0.2) is 0 Å². The second-order valence-electron chi connectivity index (χ2n) is 6.97. The molecule has 0 aliphatic heterocycles. The van der Waals surface area contributed by atoms with E-state index in [1.807, 2.05) is 19.0 Å². The maximum atomic E-state index is 12.5. The molecule has 0 saturated carbocycles. The van der Waals surface area contributed by atoms with Crippen LogP contribution in [0.25, 0.3) is 0 Å². The number of likely N-dealkylation sites (N-methyl/N-ethyl adjacent to an activating group) is 1. The highest BCUT2D eigenvalue weighted by molar-refractivity contribution is 5.76. The van der Waals surface area contributed by atoms with Gasteiger partial charge in [-0.05, 0) is 44.8 Å². The van der Waals surface area contributed by atoms with E-state index >= 15 is 0 Å². The Morgan fingerprint density at radius 2 is 1.65 bits per heavy atom. The third kappa shape index (κ3) is 9.32. The first kappa shape index (κ1) is 19.4. The first-order chi connectivity index (χ1) is 9.26. The lowest BCUT2D eigenvalue weighted by molar-refractivity contribution is -0.133. The molecule has 0 aliphatic carbocycles. The lowest BCUT2D eigenvalue weighted by Crippen LogP contribution is -2.40. The van der Waals surface area contributed by atoms with Gasteiger partial charge in [-0.25, -0.2) is 0 Å². The average molecular weight is 285 g/mol. The Morgan fingerprint density at radius 3 is 2.05 bits per heavy atom. The number of amides is 1. The van der Waals surface area contributed by atoms with E-state index in [0.717, 1.165) is 26.1 Å². The summed E-state index contributed by atoms with van der Waals surface area (Å²) in [4.78, 5) is 16.6. The maximum absolute atomic E-state index is 12.5. The van der Waals surface area contributed by atoms with Crippen molar-refractivity contribution in [3.63, 3.8) is 0 Å². The molecule has 1 atom stereocenters. The molecule has 0 aromatic carbocycles. The zero-order valence-electron chi connectivity index (χ0n) is 14.4. The lowest BCUT2D eigenvalue weighted by Gasteiger charge is -2.28. The van der Waals surface area contributed by atoms with E-state index < -0.39 is 0 Å². The molecule has 120 valence electrons. The Hall–Kier alpha value is -0.610. The van der Waals surface area contributed by atoms with Gasteiger partial charge < -0.3 is 15.5 Å². The number of nitrogens with two attached hydrogens (primary N) is 1. The molecule has 4 nitrogen and oxygen atoms in total. The molecule has 0 aromatic rings. The van der Waals surface area contributed by atoms with Crippen LogP contribution in [0.5, 0.6) is 0 Å². The Balaban J connectivity index is 4.50. The zero-order valence-corrected chi connectivity index (χ0v) is 14.4. The van der Waals surface area contributed by atoms with Crippen LogP contribution in [0.4, 0.5) is 0 Å². The monoisotopic (exact) mass is 285 g/mol. The predicted molar refractivity (Wildman–Crippen MR) is 86.6 cm³/mol. The summed E-state index contributed by atoms with van der Waals surface area (Å²) in [7, 11) is 4.08. The minimum absolute atomic E-state index is 0.261. The number of hydrogen-bond acceptors (Lipinski definition) is 3. The molecule has 0 saturated heterocycles. The van der Waals surface area contributed by atoms with Crippen molar-refractivity contribution in [1.29, 1.82) is 0 Å². The number of carbonyl (C=O) groups excluding carboxylic acids is 1. The fourth-order valence-electron chi connectivity index (χ4n) is 2.38. The molecule has 2 N–H and O–H groups in total. The van der Waals surface area contributed by atoms with Crippen molar-refractivity contribution in [2.24, 2.45) is 23.5 Å². The third-order valence-corrected chi connectivity index (χ3v) is 3.36. The van der Waals surface area contributed by atoms with Crippen molar-refractivity contribution in [2.45, 2.75) is 40.5 Å². The Kier molecular flexibility index (Phi) is 9.86. The molecule has 20 heavy (non-hydrogen) atoms. The summed E-state index contributed by atoms with van der Waals surface area (Å²) in [6.07, 6.45) is 1.63. The van der Waals surface area contributed by atoms with E-state index in [1.165, 1.54) is 0 Å². The molecular formula is C16H35N3O. The van der Waals surface area contributed by atoms with Gasteiger partial charge in [-0.2, -0.15) is 0 Å². The molecular weight excluding hydrogens is 250 g/mol. The second kappa shape index (κ2) is 10.2. The fourth-order valence-corrected chi connectivity index (χ4v) is 2.38. The minimum Gasteiger partial charge on any atom is -0.341 e. The molecule has 0 radical (unpaired) electrons. The number of hydrogen-bond donors (Lipinski definition) is 1. The maximum Gasteiger partial charge on any atom is 0.222 e. The standard InChI is InChI=1S/C16H35N3O/c1-13(2)9-15(11-17)10-16(20)19(12-14(3)4)8-7-18(5)6/h13-15H,7-12,17H2,1-6H3. The van der Waals surface area contributed by atoms with Crippen molar-refractivity contribution < 1.29 is 4.79 Å². The summed E-state index contributed by atoms with van der Waals surface area (Å²) >= 11 is 0. The largest absolute Gasteiger partial charge is 0.341 e. The summed E-state index contributed by atoms with van der Waals surface area (Å²) in [5.74, 6) is 1.67. The number of nitrogens with zero attached hydrogens (tertiary/aromatic N) is 2. The van der Waals surface area contributed by atoms with Gasteiger partial charge >= 0.3 is 0 Å². The Labute approximate surface area is 125 Å². The van der Waals surface area contributed by atoms with Crippen LogP contribution in [-0.2, 0) is 4.79 Å². The minimum atomic E-state index is 0.261. The normalized spacial score (nSPS) is 13.3. The van der Waals surface area contributed by atoms with Gasteiger partial charge in [0.25, 0.3) is 0 Å². The summed E-state index contributed by atoms with van der Waals surface area (Å²) in [5.41, 5.74) is 5.81. The molecule has 4 heteroatoms. The van der Waals surface area contributed by atoms with Crippen LogP contribution in [0.2, 0.25) is 0 Å². The third-order valence-electron chi connectivity index (χ3n) is 3.36. The molecule has 0 heterocycles.